The average Bonchev–Trinajstić information content (AvgIpc) is 2.67. The van der Waals surface area contributed by atoms with Gasteiger partial charge < -0.3 is 15.2 Å². The van der Waals surface area contributed by atoms with Crippen LogP contribution in [0.5, 0.6) is 0 Å². The first-order valence-electron chi connectivity index (χ1n) is 7.26. The van der Waals surface area contributed by atoms with Gasteiger partial charge in [0.15, 0.2) is 0 Å². The van der Waals surface area contributed by atoms with Crippen molar-refractivity contribution in [1.29, 1.82) is 0 Å². The van der Waals surface area contributed by atoms with Gasteiger partial charge in [-0.1, -0.05) is 26.2 Å². The molecular formula is C14H25NO3. The Morgan fingerprint density at radius 3 is 2.78 bits per heavy atom. The van der Waals surface area contributed by atoms with Crippen LogP contribution in [-0.4, -0.2) is 35.9 Å². The number of carboxylic acids is 1. The molecule has 2 rings (SSSR count). The van der Waals surface area contributed by atoms with Crippen molar-refractivity contribution in [2.45, 2.75) is 63.5 Å². The van der Waals surface area contributed by atoms with Crippen LogP contribution in [0.1, 0.15) is 51.9 Å². The van der Waals surface area contributed by atoms with E-state index in [1.807, 2.05) is 6.92 Å². The number of ether oxygens (including phenoxy) is 1. The number of hydrogen-bond acceptors (Lipinski definition) is 3. The van der Waals surface area contributed by atoms with Gasteiger partial charge in [-0.25, -0.2) is 0 Å². The number of likely N-dealkylation sites (N-methyl/N-ethyl adjacent to an activating group) is 1. The maximum Gasteiger partial charge on any atom is 0.323 e. The van der Waals surface area contributed by atoms with E-state index in [1.165, 1.54) is 19.3 Å². The number of carboxylic acid groups (broad SMARTS) is 1. The van der Waals surface area contributed by atoms with Crippen LogP contribution in [-0.2, 0) is 9.53 Å². The Kier molecular flexibility index (Phi) is 4.62. The van der Waals surface area contributed by atoms with Gasteiger partial charge >= 0.3 is 5.97 Å². The van der Waals surface area contributed by atoms with Crippen molar-refractivity contribution in [2.24, 2.45) is 5.92 Å². The molecule has 0 aromatic carbocycles. The van der Waals surface area contributed by atoms with E-state index in [0.29, 0.717) is 19.4 Å². The molecule has 0 spiro atoms. The molecular weight excluding hydrogens is 230 g/mol. The molecule has 0 heterocycles. The fraction of sp³-hybridized carbons (Fsp3) is 0.929. The predicted molar refractivity (Wildman–Crippen MR) is 69.6 cm³/mol. The van der Waals surface area contributed by atoms with E-state index in [-0.39, 0.29) is 6.10 Å². The molecule has 0 radical (unpaired) electrons. The molecule has 2 N–H and O–H groups in total. The Hall–Kier alpha value is -0.610. The summed E-state index contributed by atoms with van der Waals surface area (Å²) < 4.78 is 5.86. The summed E-state index contributed by atoms with van der Waals surface area (Å²) in [4.78, 5) is 11.4. The van der Waals surface area contributed by atoms with Gasteiger partial charge in [-0.3, -0.25) is 4.79 Å². The Labute approximate surface area is 109 Å². The Bertz CT molecular complexity index is 291. The van der Waals surface area contributed by atoms with Crippen LogP contribution in [0.15, 0.2) is 0 Å². The van der Waals surface area contributed by atoms with Gasteiger partial charge in [0.25, 0.3) is 0 Å². The fourth-order valence-corrected chi connectivity index (χ4v) is 3.09. The lowest BCUT2D eigenvalue weighted by atomic mass is 9.83. The maximum absolute atomic E-state index is 11.4. The summed E-state index contributed by atoms with van der Waals surface area (Å²) in [6, 6.07) is 0. The summed E-state index contributed by atoms with van der Waals surface area (Å²) in [5.41, 5.74) is -0.740. The zero-order valence-corrected chi connectivity index (χ0v) is 11.3. The van der Waals surface area contributed by atoms with E-state index >= 15 is 0 Å². The van der Waals surface area contributed by atoms with Crippen LogP contribution in [0.25, 0.3) is 0 Å². The number of carbonyl (C=O) groups is 1. The minimum absolute atomic E-state index is 0.125. The summed E-state index contributed by atoms with van der Waals surface area (Å²) >= 11 is 0. The summed E-state index contributed by atoms with van der Waals surface area (Å²) in [7, 11) is 0. The van der Waals surface area contributed by atoms with E-state index in [9.17, 15) is 9.90 Å². The third kappa shape index (κ3) is 3.04. The first kappa shape index (κ1) is 13.8. The third-order valence-electron chi connectivity index (χ3n) is 4.50. The first-order valence-corrected chi connectivity index (χ1v) is 7.26. The molecule has 4 heteroatoms. The first-order chi connectivity index (χ1) is 8.66. The zero-order valence-electron chi connectivity index (χ0n) is 11.3. The topological polar surface area (TPSA) is 58.6 Å². The lowest BCUT2D eigenvalue weighted by Crippen LogP contribution is -2.50. The average molecular weight is 255 g/mol. The van der Waals surface area contributed by atoms with Crippen molar-refractivity contribution in [1.82, 2.24) is 5.32 Å². The van der Waals surface area contributed by atoms with Gasteiger partial charge in [-0.05, 0) is 31.7 Å². The van der Waals surface area contributed by atoms with Crippen molar-refractivity contribution in [3.8, 4) is 0 Å². The molecule has 2 aliphatic rings. The van der Waals surface area contributed by atoms with Gasteiger partial charge in [-0.15, -0.1) is 0 Å². The Balaban J connectivity index is 1.73. The van der Waals surface area contributed by atoms with Gasteiger partial charge in [0, 0.05) is 13.0 Å². The van der Waals surface area contributed by atoms with E-state index in [1.54, 1.807) is 0 Å². The van der Waals surface area contributed by atoms with E-state index < -0.39 is 11.5 Å². The molecule has 0 bridgehead atoms. The monoisotopic (exact) mass is 255 g/mol. The predicted octanol–water partition coefficient (Wildman–Crippen LogP) is 2.18. The van der Waals surface area contributed by atoms with Crippen molar-refractivity contribution >= 4 is 5.97 Å². The Morgan fingerprint density at radius 2 is 2.22 bits per heavy atom. The third-order valence-corrected chi connectivity index (χ3v) is 4.50. The number of hydrogen-bond donors (Lipinski definition) is 2. The Morgan fingerprint density at radius 1 is 1.44 bits per heavy atom. The number of nitrogens with one attached hydrogen (secondary N) is 1. The highest BCUT2D eigenvalue weighted by Gasteiger charge is 2.45. The van der Waals surface area contributed by atoms with Crippen molar-refractivity contribution in [2.75, 3.05) is 13.2 Å². The maximum atomic E-state index is 11.4. The summed E-state index contributed by atoms with van der Waals surface area (Å²) in [5.74, 6) is 0.138. The normalized spacial score (nSPS) is 32.4. The molecule has 2 unspecified atom stereocenters. The molecule has 2 saturated carbocycles. The molecule has 0 aromatic heterocycles. The molecule has 0 aromatic rings. The second-order valence-corrected chi connectivity index (χ2v) is 5.74. The lowest BCUT2D eigenvalue weighted by Gasteiger charge is -2.27. The van der Waals surface area contributed by atoms with Crippen molar-refractivity contribution in [3.05, 3.63) is 0 Å². The molecule has 104 valence electrons. The number of aliphatic carboxylic acids is 1. The van der Waals surface area contributed by atoms with Gasteiger partial charge in [0.1, 0.15) is 5.54 Å². The number of rotatable bonds is 7. The quantitative estimate of drug-likeness (QED) is 0.732. The second-order valence-electron chi connectivity index (χ2n) is 5.74. The van der Waals surface area contributed by atoms with Crippen LogP contribution < -0.4 is 5.32 Å². The highest BCUT2D eigenvalue weighted by Crippen LogP contribution is 2.33. The minimum atomic E-state index is -0.740. The van der Waals surface area contributed by atoms with Crippen molar-refractivity contribution < 1.29 is 14.6 Å². The largest absolute Gasteiger partial charge is 0.480 e. The highest BCUT2D eigenvalue weighted by atomic mass is 16.5. The zero-order chi connectivity index (χ0) is 13.0. The second kappa shape index (κ2) is 6.02. The van der Waals surface area contributed by atoms with Crippen molar-refractivity contribution in [3.63, 3.8) is 0 Å². The smallest absolute Gasteiger partial charge is 0.323 e. The van der Waals surface area contributed by atoms with Gasteiger partial charge in [0.05, 0.1) is 6.10 Å². The minimum Gasteiger partial charge on any atom is -0.480 e. The van der Waals surface area contributed by atoms with E-state index in [2.05, 4.69) is 5.32 Å². The molecule has 2 fully saturated rings. The van der Waals surface area contributed by atoms with Gasteiger partial charge in [-0.2, -0.15) is 0 Å². The SMILES string of the molecule is CCNC1(C(=O)O)CCC(OCCC2CCC2)C1. The summed E-state index contributed by atoms with van der Waals surface area (Å²) in [5, 5.41) is 12.5. The molecule has 0 amide bonds. The molecule has 0 saturated heterocycles. The standard InChI is InChI=1S/C14H25NO3/c1-2-15-14(13(16)17)8-6-12(10-14)18-9-7-11-4-3-5-11/h11-12,15H,2-10H2,1H3,(H,16,17). The molecule has 2 atom stereocenters. The summed E-state index contributed by atoms with van der Waals surface area (Å²) in [6.07, 6.45) is 7.51. The van der Waals surface area contributed by atoms with Crippen LogP contribution >= 0.6 is 0 Å². The molecule has 18 heavy (non-hydrogen) atoms. The van der Waals surface area contributed by atoms with E-state index in [4.69, 9.17) is 4.74 Å². The highest BCUT2D eigenvalue weighted by molar-refractivity contribution is 5.79. The fourth-order valence-electron chi connectivity index (χ4n) is 3.09. The molecule has 2 aliphatic carbocycles. The van der Waals surface area contributed by atoms with Crippen LogP contribution in [0.4, 0.5) is 0 Å². The van der Waals surface area contributed by atoms with Gasteiger partial charge in [0.2, 0.25) is 0 Å². The van der Waals surface area contributed by atoms with Crippen LogP contribution in [0.3, 0.4) is 0 Å². The summed E-state index contributed by atoms with van der Waals surface area (Å²) in [6.45, 7) is 3.45. The molecule has 4 nitrogen and oxygen atoms in total. The lowest BCUT2D eigenvalue weighted by molar-refractivity contribution is -0.145. The van der Waals surface area contributed by atoms with Crippen LogP contribution in [0, 0.1) is 5.92 Å². The van der Waals surface area contributed by atoms with E-state index in [0.717, 1.165) is 25.4 Å². The van der Waals surface area contributed by atoms with Crippen LogP contribution in [0.2, 0.25) is 0 Å². The molecule has 0 aliphatic heterocycles.